The van der Waals surface area contributed by atoms with Crippen LogP contribution in [-0.4, -0.2) is 0 Å². The molecule has 0 saturated carbocycles. The Hall–Kier alpha value is -7.68. The lowest BCUT2D eigenvalue weighted by Crippen LogP contribution is -2.27. The van der Waals surface area contributed by atoms with Gasteiger partial charge in [0, 0.05) is 21.7 Å². The van der Waals surface area contributed by atoms with Gasteiger partial charge in [-0.25, -0.2) is 0 Å². The summed E-state index contributed by atoms with van der Waals surface area (Å²) in [6.07, 6.45) is 0. The second-order valence-corrected chi connectivity index (χ2v) is 21.2. The molecule has 0 radical (unpaired) electrons. The number of rotatable bonds is 2. The van der Waals surface area contributed by atoms with E-state index in [1.54, 1.807) is 0 Å². The zero-order valence-corrected chi connectivity index (χ0v) is 38.6. The summed E-state index contributed by atoms with van der Waals surface area (Å²) in [5, 5.41) is 6.93. The first kappa shape index (κ1) is 38.6. The van der Waals surface area contributed by atoms with E-state index in [0.717, 1.165) is 60.9 Å². The normalized spacial score (nSPS) is 14.1. The van der Waals surface area contributed by atoms with Crippen molar-refractivity contribution in [1.82, 2.24) is 0 Å². The Morgan fingerprint density at radius 2 is 0.955 bits per heavy atom. The smallest absolute Gasteiger partial charge is 0.136 e. The molecule has 0 atom stereocenters. The molecule has 2 aliphatic carbocycles. The molecule has 0 unspecified atom stereocenters. The van der Waals surface area contributed by atoms with E-state index in [0.29, 0.717) is 0 Å². The van der Waals surface area contributed by atoms with Gasteiger partial charge in [-0.15, -0.1) is 0 Å². The largest absolute Gasteiger partial charge is 0.456 e. The summed E-state index contributed by atoms with van der Waals surface area (Å²) >= 11 is 0. The van der Waals surface area contributed by atoms with Crippen molar-refractivity contribution in [1.29, 1.82) is 0 Å². The van der Waals surface area contributed by atoms with Gasteiger partial charge >= 0.3 is 0 Å². The van der Waals surface area contributed by atoms with Crippen LogP contribution in [0.25, 0.3) is 99.1 Å². The van der Waals surface area contributed by atoms with Crippen molar-refractivity contribution in [2.24, 2.45) is 0 Å². The van der Waals surface area contributed by atoms with Gasteiger partial charge in [-0.3, -0.25) is 0 Å². The van der Waals surface area contributed by atoms with Crippen molar-refractivity contribution in [2.45, 2.75) is 57.8 Å². The van der Waals surface area contributed by atoms with Crippen LogP contribution in [0.2, 0.25) is 0 Å². The first-order valence-electron chi connectivity index (χ1n) is 23.7. The number of furan rings is 1. The molecular formula is C65H48O2. The van der Waals surface area contributed by atoms with Gasteiger partial charge in [-0.2, -0.15) is 0 Å². The van der Waals surface area contributed by atoms with Crippen molar-refractivity contribution in [2.75, 3.05) is 0 Å². The molecule has 320 valence electrons. The predicted molar refractivity (Wildman–Crippen MR) is 279 cm³/mol. The minimum atomic E-state index is -0.469. The quantitative estimate of drug-likeness (QED) is 0.173. The summed E-state index contributed by atoms with van der Waals surface area (Å²) < 4.78 is 13.4. The lowest BCUT2D eigenvalue weighted by atomic mass is 9.68. The SMILES string of the molecule is CC(C)(C)c1ccc2c(c1)C1(c3cc(C(C)(C)C)ccc3-2)c2ccccc2-c2c(-c3ccc4c(c3)-c3cccc5c(-c6cccc7oc8cc9ccccc9cc8c67)ccc(c35)O4)cccc21. The molecule has 3 aliphatic rings. The van der Waals surface area contributed by atoms with Crippen LogP contribution in [0.3, 0.4) is 0 Å². The number of hydrogen-bond acceptors (Lipinski definition) is 2. The van der Waals surface area contributed by atoms with Crippen LogP contribution in [0.5, 0.6) is 11.5 Å². The van der Waals surface area contributed by atoms with Gasteiger partial charge in [-0.05, 0) is 147 Å². The predicted octanol–water partition coefficient (Wildman–Crippen LogP) is 17.9. The van der Waals surface area contributed by atoms with E-state index in [2.05, 4.69) is 224 Å². The van der Waals surface area contributed by atoms with Crippen LogP contribution in [0, 0.1) is 0 Å². The number of benzene rings is 10. The molecule has 2 nitrogen and oxygen atoms in total. The van der Waals surface area contributed by atoms with Crippen molar-refractivity contribution in [3.63, 3.8) is 0 Å². The molecule has 11 aromatic rings. The van der Waals surface area contributed by atoms with Crippen LogP contribution in [0.15, 0.2) is 186 Å². The Kier molecular flexibility index (Phi) is 7.62. The molecule has 1 spiro atoms. The molecule has 0 fully saturated rings. The summed E-state index contributed by atoms with van der Waals surface area (Å²) in [6, 6.07) is 68.2. The topological polar surface area (TPSA) is 22.4 Å². The van der Waals surface area contributed by atoms with Crippen LogP contribution in [-0.2, 0) is 16.2 Å². The van der Waals surface area contributed by atoms with E-state index < -0.39 is 5.41 Å². The highest BCUT2D eigenvalue weighted by atomic mass is 16.5. The second-order valence-electron chi connectivity index (χ2n) is 21.2. The van der Waals surface area contributed by atoms with Gasteiger partial charge in [0.25, 0.3) is 0 Å². The lowest BCUT2D eigenvalue weighted by molar-refractivity contribution is 0.487. The van der Waals surface area contributed by atoms with E-state index in [1.165, 1.54) is 83.1 Å². The molecule has 0 N–H and O–H groups in total. The third-order valence-corrected chi connectivity index (χ3v) is 15.4. The Bertz CT molecular complexity index is 3910. The van der Waals surface area contributed by atoms with E-state index in [1.807, 2.05) is 0 Å². The molecular weight excluding hydrogens is 813 g/mol. The summed E-state index contributed by atoms with van der Waals surface area (Å²) in [4.78, 5) is 0. The van der Waals surface area contributed by atoms with Crippen LogP contribution < -0.4 is 4.74 Å². The lowest BCUT2D eigenvalue weighted by Gasteiger charge is -2.33. The van der Waals surface area contributed by atoms with Crippen molar-refractivity contribution in [3.05, 3.63) is 215 Å². The molecule has 14 rings (SSSR count). The molecule has 1 aromatic heterocycles. The zero-order valence-electron chi connectivity index (χ0n) is 38.6. The van der Waals surface area contributed by atoms with Crippen LogP contribution >= 0.6 is 0 Å². The molecule has 2 heterocycles. The molecule has 67 heavy (non-hydrogen) atoms. The molecule has 2 heteroatoms. The number of ether oxygens (including phenoxy) is 1. The van der Waals surface area contributed by atoms with Gasteiger partial charge < -0.3 is 9.15 Å². The summed E-state index contributed by atoms with van der Waals surface area (Å²) in [5.74, 6) is 1.75. The van der Waals surface area contributed by atoms with Gasteiger partial charge in [-0.1, -0.05) is 187 Å². The minimum absolute atomic E-state index is 0.00585. The highest BCUT2D eigenvalue weighted by Gasteiger charge is 2.53. The first-order chi connectivity index (χ1) is 32.5. The fourth-order valence-electron chi connectivity index (χ4n) is 12.2. The van der Waals surface area contributed by atoms with Gasteiger partial charge in [0.15, 0.2) is 0 Å². The molecule has 0 amide bonds. The molecule has 0 saturated heterocycles. The van der Waals surface area contributed by atoms with Gasteiger partial charge in [0.1, 0.15) is 22.7 Å². The maximum absolute atomic E-state index is 6.88. The van der Waals surface area contributed by atoms with Crippen molar-refractivity contribution < 1.29 is 9.15 Å². The van der Waals surface area contributed by atoms with Gasteiger partial charge in [0.2, 0.25) is 0 Å². The fourth-order valence-corrected chi connectivity index (χ4v) is 12.2. The van der Waals surface area contributed by atoms with E-state index in [9.17, 15) is 0 Å². The van der Waals surface area contributed by atoms with E-state index >= 15 is 0 Å². The first-order valence-corrected chi connectivity index (χ1v) is 23.7. The van der Waals surface area contributed by atoms with Gasteiger partial charge in [0.05, 0.1) is 5.41 Å². The average Bonchev–Trinajstić information content (AvgIpc) is 3.96. The highest BCUT2D eigenvalue weighted by Crippen LogP contribution is 2.65. The van der Waals surface area contributed by atoms with E-state index in [4.69, 9.17) is 9.15 Å². The molecule has 0 bridgehead atoms. The standard InChI is InChI=1S/C65H48O2/c1-63(2,3)40-25-27-44-45-28-26-41(64(4,5)6)36-55(45)65(54(44)35-40)52-21-10-9-16-49(52)60-42(17-12-22-53(60)65)39-24-30-56-50(33-39)48-19-11-18-46-43(29-31-58(66-56)61(46)48)47-20-13-23-57-62(47)51-32-37-14-7-8-15-38(37)34-59(51)67-57/h7-36H,1-6H3. The highest BCUT2D eigenvalue weighted by molar-refractivity contribution is 6.19. The summed E-state index contributed by atoms with van der Waals surface area (Å²) in [6.45, 7) is 14.0. The van der Waals surface area contributed by atoms with Crippen LogP contribution in [0.4, 0.5) is 0 Å². The maximum Gasteiger partial charge on any atom is 0.136 e. The number of hydrogen-bond donors (Lipinski definition) is 0. The fraction of sp³-hybridized carbons (Fsp3) is 0.138. The van der Waals surface area contributed by atoms with Crippen molar-refractivity contribution in [3.8, 4) is 67.1 Å². The molecule has 1 aliphatic heterocycles. The Labute approximate surface area is 391 Å². The summed E-state index contributed by atoms with van der Waals surface area (Å²) in [5.41, 5.74) is 21.8. The zero-order chi connectivity index (χ0) is 45.1. The Morgan fingerprint density at radius 1 is 0.358 bits per heavy atom. The third-order valence-electron chi connectivity index (χ3n) is 15.4. The monoisotopic (exact) mass is 860 g/mol. The average molecular weight is 861 g/mol. The molecule has 10 aromatic carbocycles. The third kappa shape index (κ3) is 5.22. The maximum atomic E-state index is 6.88. The van der Waals surface area contributed by atoms with Crippen LogP contribution in [0.1, 0.15) is 74.9 Å². The van der Waals surface area contributed by atoms with Crippen molar-refractivity contribution >= 4 is 43.5 Å². The Balaban J connectivity index is 0.972. The number of fused-ring (bicyclic) bond motifs is 16. The Morgan fingerprint density at radius 3 is 1.70 bits per heavy atom. The minimum Gasteiger partial charge on any atom is -0.456 e. The second kappa shape index (κ2) is 13.2. The summed E-state index contributed by atoms with van der Waals surface area (Å²) in [7, 11) is 0. The van der Waals surface area contributed by atoms with E-state index in [-0.39, 0.29) is 10.8 Å².